The third-order valence-corrected chi connectivity index (χ3v) is 2.90. The van der Waals surface area contributed by atoms with Crippen LogP contribution in [0, 0.1) is 17.0 Å². The first-order chi connectivity index (χ1) is 7.90. The maximum absolute atomic E-state index is 13.2. The zero-order valence-electron chi connectivity index (χ0n) is 10.00. The van der Waals surface area contributed by atoms with Crippen LogP contribution in [-0.4, -0.2) is 12.7 Å². The lowest BCUT2D eigenvalue weighted by Crippen LogP contribution is -2.46. The molecule has 18 heavy (non-hydrogen) atoms. The van der Waals surface area contributed by atoms with Crippen LogP contribution < -0.4 is 5.32 Å². The van der Waals surface area contributed by atoms with Gasteiger partial charge in [-0.05, 0) is 17.7 Å². The third-order valence-electron chi connectivity index (χ3n) is 2.90. The van der Waals surface area contributed by atoms with Crippen LogP contribution in [0.1, 0.15) is 25.5 Å². The van der Waals surface area contributed by atoms with Crippen LogP contribution in [0.15, 0.2) is 18.2 Å². The molecule has 0 aliphatic carbocycles. The molecule has 1 N–H and O–H groups in total. The van der Waals surface area contributed by atoms with Crippen LogP contribution in [-0.2, 0) is 4.74 Å². The summed E-state index contributed by atoms with van der Waals surface area (Å²) in [5.74, 6) is -1.82. The Morgan fingerprint density at radius 3 is 2.61 bits per heavy atom. The lowest BCUT2D eigenvalue weighted by atomic mass is 9.80. The number of amides is 1. The Balaban J connectivity index is 0.00000162. The fourth-order valence-electron chi connectivity index (χ4n) is 1.92. The number of carbonyl (C=O) groups excluding carboxylic acids is 1. The summed E-state index contributed by atoms with van der Waals surface area (Å²) in [4.78, 5) is 11.2. The van der Waals surface area contributed by atoms with Gasteiger partial charge in [-0.2, -0.15) is 0 Å². The fourth-order valence-corrected chi connectivity index (χ4v) is 1.92. The van der Waals surface area contributed by atoms with Gasteiger partial charge in [-0.15, -0.1) is 12.4 Å². The fraction of sp³-hybridized carbons (Fsp3) is 0.417. The molecule has 1 aliphatic rings. The standard InChI is InChI=1S/C12H13F2NO2.ClH/c1-12(2)6-17-11(16)15-10(12)7-3-4-8(13)9(14)5-7;/h3-5,10H,6H2,1-2H3,(H,15,16);1H/t10-;/m1./s1. The van der Waals surface area contributed by atoms with Gasteiger partial charge in [0.1, 0.15) is 6.61 Å². The Hall–Kier alpha value is -1.36. The molecule has 0 spiro atoms. The molecular formula is C12H14ClF2NO2. The van der Waals surface area contributed by atoms with E-state index in [1.807, 2.05) is 13.8 Å². The van der Waals surface area contributed by atoms with E-state index in [9.17, 15) is 13.6 Å². The van der Waals surface area contributed by atoms with Crippen molar-refractivity contribution in [2.24, 2.45) is 5.41 Å². The van der Waals surface area contributed by atoms with Crippen LogP contribution in [0.3, 0.4) is 0 Å². The van der Waals surface area contributed by atoms with Crippen molar-refractivity contribution in [3.8, 4) is 0 Å². The van der Waals surface area contributed by atoms with Crippen LogP contribution in [0.5, 0.6) is 0 Å². The minimum absolute atomic E-state index is 0. The Bertz CT molecular complexity index is 465. The zero-order valence-corrected chi connectivity index (χ0v) is 10.8. The van der Waals surface area contributed by atoms with Gasteiger partial charge in [-0.25, -0.2) is 13.6 Å². The van der Waals surface area contributed by atoms with Gasteiger partial charge >= 0.3 is 6.09 Å². The molecule has 6 heteroatoms. The van der Waals surface area contributed by atoms with Gasteiger partial charge in [0.25, 0.3) is 0 Å². The summed E-state index contributed by atoms with van der Waals surface area (Å²) in [6, 6.07) is 3.24. The van der Waals surface area contributed by atoms with Gasteiger partial charge in [0.15, 0.2) is 11.6 Å². The predicted octanol–water partition coefficient (Wildman–Crippen LogP) is 3.19. The van der Waals surface area contributed by atoms with Crippen molar-refractivity contribution in [1.82, 2.24) is 5.32 Å². The molecule has 1 atom stereocenters. The van der Waals surface area contributed by atoms with Crippen molar-refractivity contribution >= 4 is 18.5 Å². The number of ether oxygens (including phenoxy) is 1. The molecule has 1 heterocycles. The topological polar surface area (TPSA) is 38.3 Å². The minimum Gasteiger partial charge on any atom is -0.449 e. The Morgan fingerprint density at radius 1 is 1.33 bits per heavy atom. The lowest BCUT2D eigenvalue weighted by Gasteiger charge is -2.38. The van der Waals surface area contributed by atoms with Gasteiger partial charge < -0.3 is 10.1 Å². The van der Waals surface area contributed by atoms with Gasteiger partial charge in [-0.1, -0.05) is 19.9 Å². The molecule has 100 valence electrons. The first-order valence-electron chi connectivity index (χ1n) is 5.28. The monoisotopic (exact) mass is 277 g/mol. The highest BCUT2D eigenvalue weighted by Gasteiger charge is 2.38. The first-order valence-corrected chi connectivity index (χ1v) is 5.28. The molecule has 0 aromatic heterocycles. The number of carbonyl (C=O) groups is 1. The highest BCUT2D eigenvalue weighted by Crippen LogP contribution is 2.36. The van der Waals surface area contributed by atoms with E-state index in [1.54, 1.807) is 0 Å². The predicted molar refractivity (Wildman–Crippen MR) is 64.6 cm³/mol. The molecule has 0 saturated carbocycles. The van der Waals surface area contributed by atoms with Crippen molar-refractivity contribution < 1.29 is 18.3 Å². The highest BCUT2D eigenvalue weighted by atomic mass is 35.5. The summed E-state index contributed by atoms with van der Waals surface area (Å²) in [5, 5.41) is 2.62. The van der Waals surface area contributed by atoms with E-state index < -0.39 is 17.7 Å². The molecule has 1 saturated heterocycles. The van der Waals surface area contributed by atoms with Crippen LogP contribution in [0.25, 0.3) is 0 Å². The highest BCUT2D eigenvalue weighted by molar-refractivity contribution is 5.85. The normalized spacial score (nSPS) is 21.6. The SMILES string of the molecule is CC1(C)COC(=O)N[C@@H]1c1ccc(F)c(F)c1.Cl. The molecule has 0 unspecified atom stereocenters. The molecule has 3 nitrogen and oxygen atoms in total. The second-order valence-corrected chi connectivity index (χ2v) is 4.82. The summed E-state index contributed by atoms with van der Waals surface area (Å²) in [6.45, 7) is 4.01. The maximum Gasteiger partial charge on any atom is 0.407 e. The number of halogens is 3. The number of cyclic esters (lactones) is 1. The number of alkyl carbamates (subject to hydrolysis) is 1. The Morgan fingerprint density at radius 2 is 2.00 bits per heavy atom. The second kappa shape index (κ2) is 5.10. The zero-order chi connectivity index (χ0) is 12.6. The molecule has 1 amide bonds. The molecule has 0 radical (unpaired) electrons. The van der Waals surface area contributed by atoms with Gasteiger partial charge in [0.2, 0.25) is 0 Å². The number of benzene rings is 1. The van der Waals surface area contributed by atoms with E-state index in [0.717, 1.165) is 12.1 Å². The Labute approximate surface area is 110 Å². The number of hydrogen-bond acceptors (Lipinski definition) is 2. The Kier molecular flexibility index (Phi) is 4.16. The van der Waals surface area contributed by atoms with Gasteiger partial charge in [-0.3, -0.25) is 0 Å². The molecular weight excluding hydrogens is 264 g/mol. The van der Waals surface area contributed by atoms with Crippen molar-refractivity contribution in [2.45, 2.75) is 19.9 Å². The summed E-state index contributed by atoms with van der Waals surface area (Å²) in [6.07, 6.45) is -0.543. The lowest BCUT2D eigenvalue weighted by molar-refractivity contribution is 0.0386. The smallest absolute Gasteiger partial charge is 0.407 e. The number of rotatable bonds is 1. The summed E-state index contributed by atoms with van der Waals surface area (Å²) < 4.78 is 30.9. The summed E-state index contributed by atoms with van der Waals surface area (Å²) in [7, 11) is 0. The largest absolute Gasteiger partial charge is 0.449 e. The van der Waals surface area contributed by atoms with E-state index in [2.05, 4.69) is 5.32 Å². The minimum atomic E-state index is -0.918. The van der Waals surface area contributed by atoms with Crippen molar-refractivity contribution in [3.05, 3.63) is 35.4 Å². The average molecular weight is 278 g/mol. The van der Waals surface area contributed by atoms with E-state index in [1.165, 1.54) is 6.07 Å². The molecule has 1 aliphatic heterocycles. The summed E-state index contributed by atoms with van der Waals surface area (Å²) >= 11 is 0. The van der Waals surface area contributed by atoms with Crippen molar-refractivity contribution in [2.75, 3.05) is 6.61 Å². The van der Waals surface area contributed by atoms with E-state index in [0.29, 0.717) is 5.56 Å². The van der Waals surface area contributed by atoms with E-state index in [4.69, 9.17) is 4.74 Å². The van der Waals surface area contributed by atoms with Crippen molar-refractivity contribution in [3.63, 3.8) is 0 Å². The molecule has 0 bridgehead atoms. The van der Waals surface area contributed by atoms with Crippen LogP contribution in [0.2, 0.25) is 0 Å². The molecule has 2 rings (SSSR count). The molecule has 1 fully saturated rings. The number of hydrogen-bond donors (Lipinski definition) is 1. The van der Waals surface area contributed by atoms with E-state index >= 15 is 0 Å². The van der Waals surface area contributed by atoms with Gasteiger partial charge in [0, 0.05) is 5.41 Å². The van der Waals surface area contributed by atoms with Crippen LogP contribution in [0.4, 0.5) is 13.6 Å². The van der Waals surface area contributed by atoms with Crippen LogP contribution >= 0.6 is 12.4 Å². The maximum atomic E-state index is 13.2. The van der Waals surface area contributed by atoms with Crippen molar-refractivity contribution in [1.29, 1.82) is 0 Å². The van der Waals surface area contributed by atoms with E-state index in [-0.39, 0.29) is 30.5 Å². The molecule has 1 aromatic carbocycles. The average Bonchev–Trinajstić information content (AvgIpc) is 2.26. The number of nitrogens with one attached hydrogen (secondary N) is 1. The summed E-state index contributed by atoms with van der Waals surface area (Å²) in [5.41, 5.74) is 0.156. The first kappa shape index (κ1) is 14.7. The van der Waals surface area contributed by atoms with Gasteiger partial charge in [0.05, 0.1) is 6.04 Å². The molecule has 1 aromatic rings. The quantitative estimate of drug-likeness (QED) is 0.856. The second-order valence-electron chi connectivity index (χ2n) is 4.82. The third kappa shape index (κ3) is 2.72.